The number of nitrogens with one attached hydrogen (secondary N) is 1. The molecule has 7 heteroatoms. The first-order chi connectivity index (χ1) is 14.3. The lowest BCUT2D eigenvalue weighted by Crippen LogP contribution is -2.28. The van der Waals surface area contributed by atoms with E-state index in [1.54, 1.807) is 4.68 Å². The van der Waals surface area contributed by atoms with E-state index in [1.165, 1.54) is 17.1 Å². The SMILES string of the molecule is Cc1cc(C)cc(-n2ncc3c(=O)n(CC(=O)Nc4cccc(C)c4C)cnc32)c1. The molecule has 0 saturated carbocycles. The predicted octanol–water partition coefficient (Wildman–Crippen LogP) is 3.45. The number of aromatic nitrogens is 4. The maximum absolute atomic E-state index is 12.9. The molecule has 4 rings (SSSR count). The van der Waals surface area contributed by atoms with Gasteiger partial charge in [-0.15, -0.1) is 0 Å². The molecule has 0 radical (unpaired) electrons. The van der Waals surface area contributed by atoms with Gasteiger partial charge in [-0.1, -0.05) is 18.2 Å². The molecule has 0 bridgehead atoms. The van der Waals surface area contributed by atoms with Crippen LogP contribution in [0, 0.1) is 27.7 Å². The molecule has 0 aliphatic carbocycles. The average Bonchev–Trinajstić information content (AvgIpc) is 3.12. The zero-order valence-corrected chi connectivity index (χ0v) is 17.4. The van der Waals surface area contributed by atoms with E-state index in [4.69, 9.17) is 0 Å². The van der Waals surface area contributed by atoms with E-state index in [9.17, 15) is 9.59 Å². The lowest BCUT2D eigenvalue weighted by molar-refractivity contribution is -0.116. The standard InChI is InChI=1S/C23H23N5O2/c1-14-8-15(2)10-18(9-14)28-22-19(11-25-28)23(30)27(13-24-22)12-21(29)26-20-7-5-6-16(3)17(20)4/h5-11,13H,12H2,1-4H3,(H,26,29). The molecule has 0 aliphatic heterocycles. The Morgan fingerprint density at radius 2 is 1.80 bits per heavy atom. The first kappa shape index (κ1) is 19.6. The van der Waals surface area contributed by atoms with Crippen LogP contribution in [-0.4, -0.2) is 25.2 Å². The minimum atomic E-state index is -0.299. The van der Waals surface area contributed by atoms with Crippen molar-refractivity contribution >= 4 is 22.6 Å². The first-order valence-corrected chi connectivity index (χ1v) is 9.71. The van der Waals surface area contributed by atoms with E-state index in [-0.39, 0.29) is 18.0 Å². The zero-order chi connectivity index (χ0) is 21.4. The maximum Gasteiger partial charge on any atom is 0.264 e. The van der Waals surface area contributed by atoms with Crippen molar-refractivity contribution in [3.05, 3.63) is 81.5 Å². The molecular weight excluding hydrogens is 378 g/mol. The second-order valence-corrected chi connectivity index (χ2v) is 7.61. The van der Waals surface area contributed by atoms with Crippen molar-refractivity contribution < 1.29 is 4.79 Å². The monoisotopic (exact) mass is 401 g/mol. The molecule has 1 N–H and O–H groups in total. The highest BCUT2D eigenvalue weighted by Crippen LogP contribution is 2.19. The smallest absolute Gasteiger partial charge is 0.264 e. The van der Waals surface area contributed by atoms with Crippen LogP contribution < -0.4 is 10.9 Å². The highest BCUT2D eigenvalue weighted by atomic mass is 16.2. The minimum absolute atomic E-state index is 0.121. The van der Waals surface area contributed by atoms with Gasteiger partial charge in [-0.05, 0) is 68.1 Å². The summed E-state index contributed by atoms with van der Waals surface area (Å²) in [5.41, 5.74) is 6.05. The van der Waals surface area contributed by atoms with Crippen molar-refractivity contribution in [1.82, 2.24) is 19.3 Å². The average molecular weight is 401 g/mol. The lowest BCUT2D eigenvalue weighted by Gasteiger charge is -2.11. The number of carbonyl (C=O) groups excluding carboxylic acids is 1. The highest BCUT2D eigenvalue weighted by molar-refractivity contribution is 5.91. The van der Waals surface area contributed by atoms with Gasteiger partial charge in [-0.3, -0.25) is 14.2 Å². The fourth-order valence-corrected chi connectivity index (χ4v) is 3.55. The summed E-state index contributed by atoms with van der Waals surface area (Å²) in [6.07, 6.45) is 2.90. The van der Waals surface area contributed by atoms with Crippen LogP contribution in [0.25, 0.3) is 16.7 Å². The Morgan fingerprint density at radius 3 is 2.53 bits per heavy atom. The van der Waals surface area contributed by atoms with Gasteiger partial charge in [0.05, 0.1) is 11.9 Å². The second kappa shape index (κ2) is 7.59. The number of benzene rings is 2. The Bertz CT molecular complexity index is 1310. The van der Waals surface area contributed by atoms with Crippen molar-refractivity contribution in [3.8, 4) is 5.69 Å². The molecule has 2 aromatic carbocycles. The molecule has 2 aromatic heterocycles. The molecule has 0 saturated heterocycles. The molecular formula is C23H23N5O2. The van der Waals surface area contributed by atoms with Gasteiger partial charge in [0.25, 0.3) is 5.56 Å². The topological polar surface area (TPSA) is 81.8 Å². The Morgan fingerprint density at radius 1 is 1.07 bits per heavy atom. The fourth-order valence-electron chi connectivity index (χ4n) is 3.55. The maximum atomic E-state index is 12.9. The number of anilines is 1. The summed E-state index contributed by atoms with van der Waals surface area (Å²) in [5, 5.41) is 7.60. The van der Waals surface area contributed by atoms with E-state index in [0.717, 1.165) is 33.6 Å². The minimum Gasteiger partial charge on any atom is -0.324 e. The van der Waals surface area contributed by atoms with Gasteiger partial charge in [-0.25, -0.2) is 9.67 Å². The van der Waals surface area contributed by atoms with Crippen LogP contribution in [0.3, 0.4) is 0 Å². The number of amides is 1. The largest absolute Gasteiger partial charge is 0.324 e. The summed E-state index contributed by atoms with van der Waals surface area (Å²) < 4.78 is 2.95. The first-order valence-electron chi connectivity index (χ1n) is 9.71. The van der Waals surface area contributed by atoms with Crippen LogP contribution in [0.1, 0.15) is 22.3 Å². The number of nitrogens with zero attached hydrogens (tertiary/aromatic N) is 4. The van der Waals surface area contributed by atoms with Gasteiger partial charge in [0.2, 0.25) is 5.91 Å². The van der Waals surface area contributed by atoms with E-state index in [2.05, 4.69) is 21.5 Å². The molecule has 152 valence electrons. The second-order valence-electron chi connectivity index (χ2n) is 7.61. The third kappa shape index (κ3) is 3.61. The Kier molecular flexibility index (Phi) is 4.95. The Hall–Kier alpha value is -3.74. The van der Waals surface area contributed by atoms with E-state index >= 15 is 0 Å². The van der Waals surface area contributed by atoms with Crippen LogP contribution in [0.4, 0.5) is 5.69 Å². The quantitative estimate of drug-likeness (QED) is 0.568. The van der Waals surface area contributed by atoms with E-state index < -0.39 is 0 Å². The number of rotatable bonds is 4. The van der Waals surface area contributed by atoms with Gasteiger partial charge >= 0.3 is 0 Å². The number of aryl methyl sites for hydroxylation is 3. The number of hydrogen-bond donors (Lipinski definition) is 1. The molecule has 0 aliphatic rings. The van der Waals surface area contributed by atoms with Crippen LogP contribution in [0.5, 0.6) is 0 Å². The van der Waals surface area contributed by atoms with Crippen LogP contribution in [0.2, 0.25) is 0 Å². The van der Waals surface area contributed by atoms with Crippen molar-refractivity contribution in [3.63, 3.8) is 0 Å². The summed E-state index contributed by atoms with van der Waals surface area (Å²) in [5.74, 6) is -0.284. The molecule has 30 heavy (non-hydrogen) atoms. The van der Waals surface area contributed by atoms with Gasteiger partial charge in [0.15, 0.2) is 5.65 Å². The molecule has 0 unspecified atom stereocenters. The van der Waals surface area contributed by atoms with Crippen LogP contribution in [0.15, 0.2) is 53.7 Å². The predicted molar refractivity (Wildman–Crippen MR) is 117 cm³/mol. The van der Waals surface area contributed by atoms with Crippen molar-refractivity contribution in [2.45, 2.75) is 34.2 Å². The molecule has 4 aromatic rings. The third-order valence-electron chi connectivity index (χ3n) is 5.20. The fraction of sp³-hybridized carbons (Fsp3) is 0.217. The Labute approximate surface area is 174 Å². The summed E-state index contributed by atoms with van der Waals surface area (Å²) in [6, 6.07) is 11.8. The number of fused-ring (bicyclic) bond motifs is 1. The summed E-state index contributed by atoms with van der Waals surface area (Å²) in [6.45, 7) is 7.84. The van der Waals surface area contributed by atoms with Crippen LogP contribution in [-0.2, 0) is 11.3 Å². The number of hydrogen-bond acceptors (Lipinski definition) is 4. The molecule has 2 heterocycles. The van der Waals surface area contributed by atoms with Gasteiger partial charge in [0, 0.05) is 5.69 Å². The van der Waals surface area contributed by atoms with Crippen molar-refractivity contribution in [2.24, 2.45) is 0 Å². The summed E-state index contributed by atoms with van der Waals surface area (Å²) >= 11 is 0. The third-order valence-corrected chi connectivity index (χ3v) is 5.20. The molecule has 7 nitrogen and oxygen atoms in total. The zero-order valence-electron chi connectivity index (χ0n) is 17.4. The van der Waals surface area contributed by atoms with E-state index in [1.807, 2.05) is 58.0 Å². The van der Waals surface area contributed by atoms with Gasteiger partial charge < -0.3 is 5.32 Å². The normalized spacial score (nSPS) is 11.1. The van der Waals surface area contributed by atoms with Gasteiger partial charge in [-0.2, -0.15) is 5.10 Å². The van der Waals surface area contributed by atoms with Crippen molar-refractivity contribution in [1.29, 1.82) is 0 Å². The van der Waals surface area contributed by atoms with Crippen LogP contribution >= 0.6 is 0 Å². The summed E-state index contributed by atoms with van der Waals surface area (Å²) in [7, 11) is 0. The van der Waals surface area contributed by atoms with Gasteiger partial charge in [0.1, 0.15) is 18.3 Å². The van der Waals surface area contributed by atoms with Crippen molar-refractivity contribution in [2.75, 3.05) is 5.32 Å². The number of carbonyl (C=O) groups is 1. The molecule has 0 atom stereocenters. The molecule has 1 amide bonds. The lowest BCUT2D eigenvalue weighted by atomic mass is 10.1. The highest BCUT2D eigenvalue weighted by Gasteiger charge is 2.14. The van der Waals surface area contributed by atoms with E-state index in [0.29, 0.717) is 11.0 Å². The molecule has 0 spiro atoms. The molecule has 0 fully saturated rings. The summed E-state index contributed by atoms with van der Waals surface area (Å²) in [4.78, 5) is 29.8. The Balaban J connectivity index is 1.64.